The summed E-state index contributed by atoms with van der Waals surface area (Å²) in [5, 5.41) is 3.40. The molecule has 1 aromatic carbocycles. The zero-order chi connectivity index (χ0) is 11.4. The molecular weight excluding hydrogens is 266 g/mol. The van der Waals surface area contributed by atoms with Crippen LogP contribution in [-0.2, 0) is 6.42 Å². The van der Waals surface area contributed by atoms with Crippen LogP contribution in [0.3, 0.4) is 0 Å². The Morgan fingerprint density at radius 1 is 1.38 bits per heavy atom. The van der Waals surface area contributed by atoms with Gasteiger partial charge in [0, 0.05) is 0 Å². The molecule has 2 rings (SSSR count). The van der Waals surface area contributed by atoms with Gasteiger partial charge in [-0.25, -0.2) is 0 Å². The first-order valence-corrected chi connectivity index (χ1v) is 6.62. The third kappa shape index (κ3) is 2.98. The SMILES string of the molecule is COc1cc(CC2CCNCC2)ccc1Br. The Hall–Kier alpha value is -0.540. The molecule has 2 nitrogen and oxygen atoms in total. The molecule has 1 aliphatic rings. The maximum atomic E-state index is 5.32. The van der Waals surface area contributed by atoms with Crippen LogP contribution >= 0.6 is 15.9 Å². The van der Waals surface area contributed by atoms with Crippen LogP contribution in [0.25, 0.3) is 0 Å². The summed E-state index contributed by atoms with van der Waals surface area (Å²) in [6, 6.07) is 6.41. The summed E-state index contributed by atoms with van der Waals surface area (Å²) in [7, 11) is 1.72. The normalized spacial score (nSPS) is 17.4. The van der Waals surface area contributed by atoms with E-state index in [1.54, 1.807) is 7.11 Å². The molecule has 1 heterocycles. The Morgan fingerprint density at radius 2 is 2.12 bits per heavy atom. The van der Waals surface area contributed by atoms with Crippen molar-refractivity contribution in [3.8, 4) is 5.75 Å². The van der Waals surface area contributed by atoms with Crippen molar-refractivity contribution in [1.82, 2.24) is 5.32 Å². The average Bonchev–Trinajstić information content (AvgIpc) is 2.33. The fourth-order valence-corrected chi connectivity index (χ4v) is 2.66. The van der Waals surface area contributed by atoms with Gasteiger partial charge in [-0.05, 0) is 71.9 Å². The fourth-order valence-electron chi connectivity index (χ4n) is 2.25. The van der Waals surface area contributed by atoms with Gasteiger partial charge in [-0.15, -0.1) is 0 Å². The summed E-state index contributed by atoms with van der Waals surface area (Å²) in [5.74, 6) is 1.76. The molecule has 3 heteroatoms. The predicted octanol–water partition coefficient (Wildman–Crippen LogP) is 3.00. The molecule has 0 aliphatic carbocycles. The highest BCUT2D eigenvalue weighted by molar-refractivity contribution is 9.10. The first kappa shape index (κ1) is 11.9. The Kier molecular flexibility index (Phi) is 4.24. The van der Waals surface area contributed by atoms with Crippen LogP contribution in [-0.4, -0.2) is 20.2 Å². The molecule has 0 unspecified atom stereocenters. The molecule has 1 aliphatic heterocycles. The van der Waals surface area contributed by atoms with Crippen molar-refractivity contribution in [1.29, 1.82) is 0 Å². The van der Waals surface area contributed by atoms with Crippen molar-refractivity contribution >= 4 is 15.9 Å². The van der Waals surface area contributed by atoms with Crippen LogP contribution in [0, 0.1) is 5.92 Å². The van der Waals surface area contributed by atoms with E-state index in [0.29, 0.717) is 0 Å². The van der Waals surface area contributed by atoms with E-state index < -0.39 is 0 Å². The number of methoxy groups -OCH3 is 1. The van der Waals surface area contributed by atoms with Crippen LogP contribution < -0.4 is 10.1 Å². The highest BCUT2D eigenvalue weighted by atomic mass is 79.9. The van der Waals surface area contributed by atoms with E-state index >= 15 is 0 Å². The zero-order valence-electron chi connectivity index (χ0n) is 9.63. The fraction of sp³-hybridized carbons (Fsp3) is 0.538. The van der Waals surface area contributed by atoms with Gasteiger partial charge < -0.3 is 10.1 Å². The lowest BCUT2D eigenvalue weighted by atomic mass is 9.91. The van der Waals surface area contributed by atoms with Crippen LogP contribution in [0.4, 0.5) is 0 Å². The molecule has 0 radical (unpaired) electrons. The number of piperidine rings is 1. The molecule has 88 valence electrons. The van der Waals surface area contributed by atoms with Gasteiger partial charge in [-0.2, -0.15) is 0 Å². The molecule has 0 aromatic heterocycles. The maximum Gasteiger partial charge on any atom is 0.133 e. The number of ether oxygens (including phenoxy) is 1. The largest absolute Gasteiger partial charge is 0.496 e. The number of hydrogen-bond acceptors (Lipinski definition) is 2. The lowest BCUT2D eigenvalue weighted by Crippen LogP contribution is -2.28. The summed E-state index contributed by atoms with van der Waals surface area (Å²) in [4.78, 5) is 0. The van der Waals surface area contributed by atoms with Gasteiger partial charge in [-0.1, -0.05) is 6.07 Å². The van der Waals surface area contributed by atoms with E-state index in [2.05, 4.69) is 39.4 Å². The standard InChI is InChI=1S/C13H18BrNO/c1-16-13-9-11(2-3-12(13)14)8-10-4-6-15-7-5-10/h2-3,9-10,15H,4-8H2,1H3. The van der Waals surface area contributed by atoms with Crippen molar-refractivity contribution in [2.75, 3.05) is 20.2 Å². The van der Waals surface area contributed by atoms with Gasteiger partial charge in [0.2, 0.25) is 0 Å². The summed E-state index contributed by atoms with van der Waals surface area (Å²) >= 11 is 3.48. The Labute approximate surface area is 106 Å². The molecule has 0 atom stereocenters. The third-order valence-corrected chi connectivity index (χ3v) is 3.85. The lowest BCUT2D eigenvalue weighted by molar-refractivity contribution is 0.371. The molecule has 1 aromatic rings. The van der Waals surface area contributed by atoms with Crippen molar-refractivity contribution < 1.29 is 4.74 Å². The van der Waals surface area contributed by atoms with Crippen molar-refractivity contribution in [2.24, 2.45) is 5.92 Å². The summed E-state index contributed by atoms with van der Waals surface area (Å²) in [6.45, 7) is 2.33. The molecule has 0 bridgehead atoms. The molecule has 1 N–H and O–H groups in total. The van der Waals surface area contributed by atoms with E-state index in [4.69, 9.17) is 4.74 Å². The highest BCUT2D eigenvalue weighted by Gasteiger charge is 2.14. The number of nitrogens with one attached hydrogen (secondary N) is 1. The van der Waals surface area contributed by atoms with Crippen LogP contribution in [0.1, 0.15) is 18.4 Å². The zero-order valence-corrected chi connectivity index (χ0v) is 11.2. The van der Waals surface area contributed by atoms with E-state index in [1.165, 1.54) is 37.9 Å². The Balaban J connectivity index is 2.03. The number of halogens is 1. The Bertz CT molecular complexity index is 348. The quantitative estimate of drug-likeness (QED) is 0.921. The maximum absolute atomic E-state index is 5.32. The third-order valence-electron chi connectivity index (χ3n) is 3.20. The predicted molar refractivity (Wildman–Crippen MR) is 70.0 cm³/mol. The number of hydrogen-bond donors (Lipinski definition) is 1. The molecule has 0 spiro atoms. The minimum absolute atomic E-state index is 0.826. The van der Waals surface area contributed by atoms with Crippen molar-refractivity contribution in [3.05, 3.63) is 28.2 Å². The van der Waals surface area contributed by atoms with Crippen molar-refractivity contribution in [2.45, 2.75) is 19.3 Å². The molecule has 1 saturated heterocycles. The minimum Gasteiger partial charge on any atom is -0.496 e. The van der Waals surface area contributed by atoms with E-state index in [-0.39, 0.29) is 0 Å². The van der Waals surface area contributed by atoms with Crippen molar-refractivity contribution in [3.63, 3.8) is 0 Å². The van der Waals surface area contributed by atoms with Gasteiger partial charge in [0.25, 0.3) is 0 Å². The second kappa shape index (κ2) is 5.69. The average molecular weight is 284 g/mol. The summed E-state index contributed by atoms with van der Waals surface area (Å²) < 4.78 is 6.35. The topological polar surface area (TPSA) is 21.3 Å². The Morgan fingerprint density at radius 3 is 2.81 bits per heavy atom. The van der Waals surface area contributed by atoms with Gasteiger partial charge in [0.1, 0.15) is 5.75 Å². The summed E-state index contributed by atoms with van der Waals surface area (Å²) in [5.41, 5.74) is 1.38. The first-order chi connectivity index (χ1) is 7.79. The second-order valence-corrected chi connectivity index (χ2v) is 5.22. The van der Waals surface area contributed by atoms with E-state index in [1.807, 2.05) is 0 Å². The smallest absolute Gasteiger partial charge is 0.133 e. The molecule has 0 amide bonds. The molecule has 0 saturated carbocycles. The van der Waals surface area contributed by atoms with E-state index in [9.17, 15) is 0 Å². The van der Waals surface area contributed by atoms with Gasteiger partial charge in [0.15, 0.2) is 0 Å². The molecule has 1 fully saturated rings. The van der Waals surface area contributed by atoms with E-state index in [0.717, 1.165) is 16.1 Å². The number of rotatable bonds is 3. The van der Waals surface area contributed by atoms with Crippen LogP contribution in [0.15, 0.2) is 22.7 Å². The summed E-state index contributed by atoms with van der Waals surface area (Å²) in [6.07, 6.45) is 3.75. The lowest BCUT2D eigenvalue weighted by Gasteiger charge is -2.22. The number of benzene rings is 1. The van der Waals surface area contributed by atoms with Gasteiger partial charge in [0.05, 0.1) is 11.6 Å². The van der Waals surface area contributed by atoms with Gasteiger partial charge in [-0.3, -0.25) is 0 Å². The van der Waals surface area contributed by atoms with Crippen LogP contribution in [0.2, 0.25) is 0 Å². The van der Waals surface area contributed by atoms with Crippen LogP contribution in [0.5, 0.6) is 5.75 Å². The molecular formula is C13H18BrNO. The van der Waals surface area contributed by atoms with Gasteiger partial charge >= 0.3 is 0 Å². The molecule has 16 heavy (non-hydrogen) atoms. The monoisotopic (exact) mass is 283 g/mol. The minimum atomic E-state index is 0.826. The second-order valence-electron chi connectivity index (χ2n) is 4.37. The first-order valence-electron chi connectivity index (χ1n) is 5.82. The highest BCUT2D eigenvalue weighted by Crippen LogP contribution is 2.27.